The molecular formula is C18H21NO2S. The highest BCUT2D eigenvalue weighted by molar-refractivity contribution is 7.99. The minimum atomic E-state index is -0.537. The van der Waals surface area contributed by atoms with Gasteiger partial charge in [-0.3, -0.25) is 4.79 Å². The number of nitrogens with one attached hydrogen (secondary N) is 1. The predicted octanol–water partition coefficient (Wildman–Crippen LogP) is 3.33. The van der Waals surface area contributed by atoms with Crippen LogP contribution in [0.15, 0.2) is 60.7 Å². The van der Waals surface area contributed by atoms with Gasteiger partial charge < -0.3 is 10.4 Å². The first kappa shape index (κ1) is 16.6. The highest BCUT2D eigenvalue weighted by atomic mass is 32.2. The average Bonchev–Trinajstić information content (AvgIpc) is 2.56. The minimum absolute atomic E-state index is 0.00616. The third-order valence-electron chi connectivity index (χ3n) is 3.37. The lowest BCUT2D eigenvalue weighted by Crippen LogP contribution is -2.28. The Morgan fingerprint density at radius 2 is 1.59 bits per heavy atom. The molecule has 0 aromatic heterocycles. The van der Waals surface area contributed by atoms with Gasteiger partial charge in [-0.05, 0) is 18.1 Å². The molecule has 2 N–H and O–H groups in total. The summed E-state index contributed by atoms with van der Waals surface area (Å²) in [5, 5.41) is 13.0. The molecule has 0 saturated heterocycles. The molecule has 3 nitrogen and oxygen atoms in total. The third kappa shape index (κ3) is 5.20. The number of amides is 1. The number of hydrogen-bond donors (Lipinski definition) is 2. The van der Waals surface area contributed by atoms with Gasteiger partial charge in [-0.1, -0.05) is 60.7 Å². The number of carbonyl (C=O) groups is 1. The van der Waals surface area contributed by atoms with Crippen molar-refractivity contribution in [3.63, 3.8) is 0 Å². The Hall–Kier alpha value is -1.78. The molecule has 0 spiro atoms. The van der Waals surface area contributed by atoms with E-state index in [9.17, 15) is 9.90 Å². The molecular weight excluding hydrogens is 294 g/mol. The first-order chi connectivity index (χ1) is 10.7. The van der Waals surface area contributed by atoms with Crippen molar-refractivity contribution in [3.05, 3.63) is 71.8 Å². The lowest BCUT2D eigenvalue weighted by atomic mass is 10.1. The van der Waals surface area contributed by atoms with E-state index in [0.29, 0.717) is 11.5 Å². The molecule has 1 amide bonds. The number of aliphatic hydroxyl groups is 1. The fourth-order valence-electron chi connectivity index (χ4n) is 2.14. The van der Waals surface area contributed by atoms with Crippen molar-refractivity contribution in [2.24, 2.45) is 0 Å². The molecule has 116 valence electrons. The van der Waals surface area contributed by atoms with Crippen LogP contribution in [0.25, 0.3) is 0 Å². The second kappa shape index (κ2) is 8.61. The molecule has 4 heteroatoms. The maximum absolute atomic E-state index is 11.9. The van der Waals surface area contributed by atoms with E-state index in [0.717, 1.165) is 11.1 Å². The smallest absolute Gasteiger partial charge is 0.230 e. The van der Waals surface area contributed by atoms with Gasteiger partial charge in [0.15, 0.2) is 0 Å². The number of carbonyl (C=O) groups excluding carboxylic acids is 1. The van der Waals surface area contributed by atoms with Gasteiger partial charge in [0, 0.05) is 5.75 Å². The maximum atomic E-state index is 11.9. The number of hydrogen-bond acceptors (Lipinski definition) is 3. The largest absolute Gasteiger partial charge is 0.388 e. The molecule has 2 aromatic rings. The van der Waals surface area contributed by atoms with Crippen molar-refractivity contribution < 1.29 is 9.90 Å². The Morgan fingerprint density at radius 1 is 1.05 bits per heavy atom. The van der Waals surface area contributed by atoms with Crippen LogP contribution in [-0.2, 0) is 4.79 Å². The van der Waals surface area contributed by atoms with Crippen LogP contribution in [-0.4, -0.2) is 22.5 Å². The van der Waals surface area contributed by atoms with E-state index in [1.54, 1.807) is 0 Å². The Morgan fingerprint density at radius 3 is 2.18 bits per heavy atom. The van der Waals surface area contributed by atoms with Crippen molar-refractivity contribution in [3.8, 4) is 0 Å². The summed E-state index contributed by atoms with van der Waals surface area (Å²) in [6.07, 6.45) is -0.537. The van der Waals surface area contributed by atoms with Gasteiger partial charge in [0.2, 0.25) is 5.91 Å². The number of aliphatic hydroxyl groups excluding tert-OH is 1. The van der Waals surface area contributed by atoms with Crippen LogP contribution >= 0.6 is 11.8 Å². The topological polar surface area (TPSA) is 49.3 Å². The molecule has 0 saturated carbocycles. The zero-order valence-corrected chi connectivity index (χ0v) is 13.4. The Balaban J connectivity index is 1.72. The SMILES string of the molecule is C[C@@H](NC(=O)CSC[C@H](O)c1ccccc1)c1ccccc1. The van der Waals surface area contributed by atoms with Crippen LogP contribution in [0.4, 0.5) is 0 Å². The summed E-state index contributed by atoms with van der Waals surface area (Å²) in [6, 6.07) is 19.4. The Kier molecular flexibility index (Phi) is 6.49. The zero-order chi connectivity index (χ0) is 15.8. The molecule has 0 fully saturated rings. The first-order valence-corrected chi connectivity index (χ1v) is 8.47. The molecule has 0 heterocycles. The molecule has 2 aromatic carbocycles. The monoisotopic (exact) mass is 315 g/mol. The lowest BCUT2D eigenvalue weighted by molar-refractivity contribution is -0.119. The molecule has 2 rings (SSSR count). The van der Waals surface area contributed by atoms with Crippen LogP contribution in [0.5, 0.6) is 0 Å². The lowest BCUT2D eigenvalue weighted by Gasteiger charge is -2.15. The molecule has 22 heavy (non-hydrogen) atoms. The summed E-state index contributed by atoms with van der Waals surface area (Å²) >= 11 is 1.44. The van der Waals surface area contributed by atoms with Crippen molar-refractivity contribution >= 4 is 17.7 Å². The second-order valence-electron chi connectivity index (χ2n) is 5.14. The molecule has 0 aliphatic rings. The summed E-state index contributed by atoms with van der Waals surface area (Å²) < 4.78 is 0. The molecule has 2 atom stereocenters. The van der Waals surface area contributed by atoms with Gasteiger partial charge in [-0.15, -0.1) is 11.8 Å². The maximum Gasteiger partial charge on any atom is 0.230 e. The quantitative estimate of drug-likeness (QED) is 0.824. The van der Waals surface area contributed by atoms with E-state index in [-0.39, 0.29) is 11.9 Å². The third-order valence-corrected chi connectivity index (χ3v) is 4.39. The van der Waals surface area contributed by atoms with Crippen LogP contribution in [0.2, 0.25) is 0 Å². The summed E-state index contributed by atoms with van der Waals surface area (Å²) in [6.45, 7) is 1.97. The number of thioether (sulfide) groups is 1. The Bertz CT molecular complexity index is 574. The standard InChI is InChI=1S/C18H21NO2S/c1-14(15-8-4-2-5-9-15)19-18(21)13-22-12-17(20)16-10-6-3-7-11-16/h2-11,14,17,20H,12-13H2,1H3,(H,19,21)/t14-,17+/m1/s1. The van der Waals surface area contributed by atoms with E-state index in [4.69, 9.17) is 0 Å². The van der Waals surface area contributed by atoms with E-state index in [1.807, 2.05) is 67.6 Å². The van der Waals surface area contributed by atoms with E-state index < -0.39 is 6.10 Å². The summed E-state index contributed by atoms with van der Waals surface area (Å²) in [7, 11) is 0. The van der Waals surface area contributed by atoms with Crippen molar-refractivity contribution in [2.45, 2.75) is 19.1 Å². The summed E-state index contributed by atoms with van der Waals surface area (Å²) in [5.74, 6) is 0.847. The van der Waals surface area contributed by atoms with Crippen LogP contribution in [0, 0.1) is 0 Å². The van der Waals surface area contributed by atoms with Crippen LogP contribution in [0.1, 0.15) is 30.2 Å². The molecule has 0 aliphatic carbocycles. The van der Waals surface area contributed by atoms with E-state index in [2.05, 4.69) is 5.32 Å². The summed E-state index contributed by atoms with van der Waals surface area (Å²) in [4.78, 5) is 11.9. The van der Waals surface area contributed by atoms with Crippen molar-refractivity contribution in [1.29, 1.82) is 0 Å². The van der Waals surface area contributed by atoms with E-state index >= 15 is 0 Å². The van der Waals surface area contributed by atoms with Gasteiger partial charge >= 0.3 is 0 Å². The summed E-state index contributed by atoms with van der Waals surface area (Å²) in [5.41, 5.74) is 1.97. The normalized spacial score (nSPS) is 13.4. The van der Waals surface area contributed by atoms with Gasteiger partial charge in [0.05, 0.1) is 17.9 Å². The molecule has 0 unspecified atom stereocenters. The number of benzene rings is 2. The predicted molar refractivity (Wildman–Crippen MR) is 91.7 cm³/mol. The Labute approximate surface area is 135 Å². The molecule has 0 aliphatic heterocycles. The van der Waals surface area contributed by atoms with Crippen molar-refractivity contribution in [2.75, 3.05) is 11.5 Å². The van der Waals surface area contributed by atoms with Gasteiger partial charge in [-0.25, -0.2) is 0 Å². The highest BCUT2D eigenvalue weighted by Crippen LogP contribution is 2.18. The fourth-order valence-corrected chi connectivity index (χ4v) is 2.95. The molecule has 0 radical (unpaired) electrons. The van der Waals surface area contributed by atoms with Crippen LogP contribution < -0.4 is 5.32 Å². The molecule has 0 bridgehead atoms. The highest BCUT2D eigenvalue weighted by Gasteiger charge is 2.11. The van der Waals surface area contributed by atoms with Gasteiger partial charge in [0.1, 0.15) is 0 Å². The average molecular weight is 315 g/mol. The zero-order valence-electron chi connectivity index (χ0n) is 12.6. The fraction of sp³-hybridized carbons (Fsp3) is 0.278. The van der Waals surface area contributed by atoms with E-state index in [1.165, 1.54) is 11.8 Å². The van der Waals surface area contributed by atoms with Crippen LogP contribution in [0.3, 0.4) is 0 Å². The number of rotatable bonds is 7. The first-order valence-electron chi connectivity index (χ1n) is 7.32. The van der Waals surface area contributed by atoms with Gasteiger partial charge in [0.25, 0.3) is 0 Å². The minimum Gasteiger partial charge on any atom is -0.388 e. The van der Waals surface area contributed by atoms with Gasteiger partial charge in [-0.2, -0.15) is 0 Å². The van der Waals surface area contributed by atoms with Crippen molar-refractivity contribution in [1.82, 2.24) is 5.32 Å². The second-order valence-corrected chi connectivity index (χ2v) is 6.17.